The maximum atomic E-state index is 9.57. The van der Waals surface area contributed by atoms with Crippen molar-refractivity contribution < 1.29 is 9.84 Å². The summed E-state index contributed by atoms with van der Waals surface area (Å²) in [5, 5.41) is 9.57. The van der Waals surface area contributed by atoms with Crippen LogP contribution in [0.1, 0.15) is 19.8 Å². The average molecular weight is 156 g/mol. The lowest BCUT2D eigenvalue weighted by molar-refractivity contribution is 0.0131. The van der Waals surface area contributed by atoms with Gasteiger partial charge in [-0.1, -0.05) is 6.92 Å². The van der Waals surface area contributed by atoms with Crippen molar-refractivity contribution in [2.24, 2.45) is 17.8 Å². The standard InChI is InChI=1S/C9H16O2/c1-6-8-5-11-3-2-7(8)4-9(6)10/h6-10H,2-5H2,1H3/t6-,7-,8+,9-/m0/s1. The Morgan fingerprint density at radius 3 is 3.00 bits per heavy atom. The highest BCUT2D eigenvalue weighted by Gasteiger charge is 2.41. The molecule has 2 rings (SSSR count). The van der Waals surface area contributed by atoms with E-state index in [1.54, 1.807) is 0 Å². The van der Waals surface area contributed by atoms with E-state index in [0.29, 0.717) is 11.8 Å². The lowest BCUT2D eigenvalue weighted by Crippen LogP contribution is -2.27. The molecular weight excluding hydrogens is 140 g/mol. The summed E-state index contributed by atoms with van der Waals surface area (Å²) in [6.07, 6.45) is 2.10. The van der Waals surface area contributed by atoms with E-state index < -0.39 is 0 Å². The van der Waals surface area contributed by atoms with E-state index in [1.165, 1.54) is 0 Å². The highest BCUT2D eigenvalue weighted by molar-refractivity contribution is 4.90. The molecule has 1 saturated carbocycles. The lowest BCUT2D eigenvalue weighted by Gasteiger charge is -2.27. The first kappa shape index (κ1) is 7.56. The normalized spacial score (nSPS) is 50.7. The molecule has 1 heterocycles. The second kappa shape index (κ2) is 2.76. The molecule has 0 radical (unpaired) electrons. The Kier molecular flexibility index (Phi) is 1.90. The molecule has 2 fully saturated rings. The number of hydrogen-bond acceptors (Lipinski definition) is 2. The molecule has 0 amide bonds. The Hall–Kier alpha value is -0.0800. The van der Waals surface area contributed by atoms with Crippen LogP contribution in [0.15, 0.2) is 0 Å². The third kappa shape index (κ3) is 1.18. The van der Waals surface area contributed by atoms with Gasteiger partial charge in [0, 0.05) is 13.2 Å². The zero-order valence-electron chi connectivity index (χ0n) is 6.99. The number of fused-ring (bicyclic) bond motifs is 1. The van der Waals surface area contributed by atoms with Crippen LogP contribution in [0, 0.1) is 17.8 Å². The van der Waals surface area contributed by atoms with Crippen LogP contribution in [0.25, 0.3) is 0 Å². The van der Waals surface area contributed by atoms with Crippen LogP contribution in [-0.4, -0.2) is 24.4 Å². The van der Waals surface area contributed by atoms with Gasteiger partial charge in [-0.15, -0.1) is 0 Å². The molecule has 0 aromatic heterocycles. The summed E-state index contributed by atoms with van der Waals surface area (Å²) in [4.78, 5) is 0. The third-order valence-corrected chi connectivity index (χ3v) is 3.38. The van der Waals surface area contributed by atoms with Gasteiger partial charge in [-0.3, -0.25) is 0 Å². The van der Waals surface area contributed by atoms with Crippen LogP contribution in [0.4, 0.5) is 0 Å². The van der Waals surface area contributed by atoms with Crippen LogP contribution in [-0.2, 0) is 4.74 Å². The predicted molar refractivity (Wildman–Crippen MR) is 42.2 cm³/mol. The Labute approximate surface area is 67.6 Å². The van der Waals surface area contributed by atoms with E-state index in [0.717, 1.165) is 32.0 Å². The second-order valence-corrected chi connectivity index (χ2v) is 3.95. The SMILES string of the molecule is C[C@H]1[C@H]2COCC[C@H]2C[C@@H]1O. The minimum Gasteiger partial charge on any atom is -0.393 e. The van der Waals surface area contributed by atoms with Crippen molar-refractivity contribution in [3.63, 3.8) is 0 Å². The fourth-order valence-electron chi connectivity index (χ4n) is 2.49. The molecule has 0 aromatic rings. The van der Waals surface area contributed by atoms with E-state index in [1.807, 2.05) is 0 Å². The van der Waals surface area contributed by atoms with Gasteiger partial charge in [-0.2, -0.15) is 0 Å². The fraction of sp³-hybridized carbons (Fsp3) is 1.00. The number of hydrogen-bond donors (Lipinski definition) is 1. The highest BCUT2D eigenvalue weighted by Crippen LogP contribution is 2.41. The van der Waals surface area contributed by atoms with E-state index in [2.05, 4.69) is 6.92 Å². The van der Waals surface area contributed by atoms with Crippen LogP contribution in [0.2, 0.25) is 0 Å². The molecule has 1 N–H and O–H groups in total. The Morgan fingerprint density at radius 2 is 2.27 bits per heavy atom. The van der Waals surface area contributed by atoms with Gasteiger partial charge in [-0.05, 0) is 30.6 Å². The molecule has 2 heteroatoms. The van der Waals surface area contributed by atoms with Gasteiger partial charge in [0.1, 0.15) is 0 Å². The van der Waals surface area contributed by atoms with E-state index in [-0.39, 0.29) is 6.10 Å². The largest absolute Gasteiger partial charge is 0.393 e. The predicted octanol–water partition coefficient (Wildman–Crippen LogP) is 1.04. The van der Waals surface area contributed by atoms with E-state index >= 15 is 0 Å². The molecule has 4 atom stereocenters. The Bertz CT molecular complexity index is 146. The Morgan fingerprint density at radius 1 is 1.45 bits per heavy atom. The quantitative estimate of drug-likeness (QED) is 0.568. The average Bonchev–Trinajstić information content (AvgIpc) is 2.30. The molecule has 0 unspecified atom stereocenters. The van der Waals surface area contributed by atoms with Gasteiger partial charge >= 0.3 is 0 Å². The van der Waals surface area contributed by atoms with Crippen molar-refractivity contribution in [3.05, 3.63) is 0 Å². The molecule has 0 bridgehead atoms. The first-order valence-electron chi connectivity index (χ1n) is 4.55. The molecule has 0 spiro atoms. The third-order valence-electron chi connectivity index (χ3n) is 3.38. The van der Waals surface area contributed by atoms with Crippen molar-refractivity contribution >= 4 is 0 Å². The molecule has 1 aliphatic heterocycles. The van der Waals surface area contributed by atoms with Crippen LogP contribution >= 0.6 is 0 Å². The number of aliphatic hydroxyl groups excluding tert-OH is 1. The molecule has 0 aromatic carbocycles. The minimum absolute atomic E-state index is 0.0632. The summed E-state index contributed by atoms with van der Waals surface area (Å²) in [6.45, 7) is 3.92. The van der Waals surface area contributed by atoms with Crippen molar-refractivity contribution in [2.75, 3.05) is 13.2 Å². The van der Waals surface area contributed by atoms with E-state index in [4.69, 9.17) is 4.74 Å². The molecule has 2 nitrogen and oxygen atoms in total. The van der Waals surface area contributed by atoms with Crippen molar-refractivity contribution in [1.82, 2.24) is 0 Å². The number of ether oxygens (including phenoxy) is 1. The molecule has 1 aliphatic carbocycles. The van der Waals surface area contributed by atoms with Crippen molar-refractivity contribution in [2.45, 2.75) is 25.9 Å². The van der Waals surface area contributed by atoms with Crippen molar-refractivity contribution in [1.29, 1.82) is 0 Å². The summed E-state index contributed by atoms with van der Waals surface area (Å²) in [6, 6.07) is 0. The molecule has 64 valence electrons. The smallest absolute Gasteiger partial charge is 0.0572 e. The zero-order chi connectivity index (χ0) is 7.84. The summed E-state index contributed by atoms with van der Waals surface area (Å²) < 4.78 is 5.39. The maximum Gasteiger partial charge on any atom is 0.0572 e. The number of rotatable bonds is 0. The summed E-state index contributed by atoms with van der Waals surface area (Å²) in [7, 11) is 0. The van der Waals surface area contributed by atoms with Crippen molar-refractivity contribution in [3.8, 4) is 0 Å². The van der Waals surface area contributed by atoms with Crippen LogP contribution < -0.4 is 0 Å². The van der Waals surface area contributed by atoms with Gasteiger partial charge < -0.3 is 9.84 Å². The fourth-order valence-corrected chi connectivity index (χ4v) is 2.49. The highest BCUT2D eigenvalue weighted by atomic mass is 16.5. The molecule has 1 saturated heterocycles. The number of aliphatic hydroxyl groups is 1. The molecule has 11 heavy (non-hydrogen) atoms. The van der Waals surface area contributed by atoms with Gasteiger partial charge in [0.05, 0.1) is 6.10 Å². The molecule has 2 aliphatic rings. The van der Waals surface area contributed by atoms with Crippen LogP contribution in [0.3, 0.4) is 0 Å². The topological polar surface area (TPSA) is 29.5 Å². The van der Waals surface area contributed by atoms with Gasteiger partial charge in [0.2, 0.25) is 0 Å². The Balaban J connectivity index is 2.05. The monoisotopic (exact) mass is 156 g/mol. The molecular formula is C9H16O2. The second-order valence-electron chi connectivity index (χ2n) is 3.95. The van der Waals surface area contributed by atoms with Crippen LogP contribution in [0.5, 0.6) is 0 Å². The lowest BCUT2D eigenvalue weighted by atomic mass is 9.87. The van der Waals surface area contributed by atoms with Gasteiger partial charge in [-0.25, -0.2) is 0 Å². The minimum atomic E-state index is -0.0632. The first-order chi connectivity index (χ1) is 5.29. The summed E-state index contributed by atoms with van der Waals surface area (Å²) in [5.41, 5.74) is 0. The zero-order valence-corrected chi connectivity index (χ0v) is 6.99. The summed E-state index contributed by atoms with van der Waals surface area (Å²) in [5.74, 6) is 1.84. The van der Waals surface area contributed by atoms with E-state index in [9.17, 15) is 5.11 Å². The maximum absolute atomic E-state index is 9.57. The first-order valence-corrected chi connectivity index (χ1v) is 4.55. The summed E-state index contributed by atoms with van der Waals surface area (Å²) >= 11 is 0. The van der Waals surface area contributed by atoms with Gasteiger partial charge in [0.15, 0.2) is 0 Å². The van der Waals surface area contributed by atoms with Gasteiger partial charge in [0.25, 0.3) is 0 Å².